The number of aryl methyl sites for hydroxylation is 1. The van der Waals surface area contributed by atoms with Crippen molar-refractivity contribution in [2.24, 2.45) is 0 Å². The number of aromatic nitrogens is 2. The summed E-state index contributed by atoms with van der Waals surface area (Å²) in [6, 6.07) is 11.5. The summed E-state index contributed by atoms with van der Waals surface area (Å²) in [5, 5.41) is 14.0. The Labute approximate surface area is 157 Å². The molecule has 0 fully saturated rings. The Morgan fingerprint density at radius 1 is 1.07 bits per heavy atom. The fourth-order valence-electron chi connectivity index (χ4n) is 2.37. The third-order valence-electron chi connectivity index (χ3n) is 3.62. The molecule has 0 aliphatic heterocycles. The van der Waals surface area contributed by atoms with Gasteiger partial charge in [0, 0.05) is 11.8 Å². The van der Waals surface area contributed by atoms with Crippen LogP contribution in [0.25, 0.3) is 0 Å². The van der Waals surface area contributed by atoms with Crippen LogP contribution >= 0.6 is 0 Å². The molecule has 0 bridgehead atoms. The van der Waals surface area contributed by atoms with E-state index in [-0.39, 0.29) is 17.3 Å². The zero-order chi connectivity index (χ0) is 20.3. The lowest BCUT2D eigenvalue weighted by Gasteiger charge is -2.10. The number of rotatable bonds is 4. The van der Waals surface area contributed by atoms with Gasteiger partial charge in [-0.05, 0) is 37.3 Å². The minimum Gasteiger partial charge on any atom is -0.340 e. The largest absolute Gasteiger partial charge is 0.340 e. The standard InChI is InChI=1S/C19H12F3N5O/c1-10-24-15(19(28)27-14-6-5-13(20)17(21)18(14)22)8-16(25-10)26-12-4-2-3-11(7-12)9-23/h2-8H,1H3,(H,27,28)(H,24,25,26). The van der Waals surface area contributed by atoms with E-state index in [0.29, 0.717) is 17.3 Å². The maximum absolute atomic E-state index is 13.8. The molecule has 6 nitrogen and oxygen atoms in total. The fourth-order valence-corrected chi connectivity index (χ4v) is 2.37. The maximum atomic E-state index is 13.8. The molecule has 0 radical (unpaired) electrons. The monoisotopic (exact) mass is 383 g/mol. The van der Waals surface area contributed by atoms with Gasteiger partial charge >= 0.3 is 0 Å². The molecule has 1 heterocycles. The molecule has 0 unspecified atom stereocenters. The Morgan fingerprint density at radius 2 is 1.86 bits per heavy atom. The summed E-state index contributed by atoms with van der Waals surface area (Å²) in [7, 11) is 0. The number of carbonyl (C=O) groups is 1. The van der Waals surface area contributed by atoms with Gasteiger partial charge in [0.15, 0.2) is 17.5 Å². The molecule has 2 aromatic carbocycles. The van der Waals surface area contributed by atoms with Crippen molar-refractivity contribution in [1.29, 1.82) is 5.26 Å². The van der Waals surface area contributed by atoms with Gasteiger partial charge < -0.3 is 10.6 Å². The van der Waals surface area contributed by atoms with Crippen molar-refractivity contribution < 1.29 is 18.0 Å². The Morgan fingerprint density at radius 3 is 2.61 bits per heavy atom. The molecule has 3 aromatic rings. The van der Waals surface area contributed by atoms with Gasteiger partial charge in [0.05, 0.1) is 17.3 Å². The van der Waals surface area contributed by atoms with Crippen LogP contribution in [-0.2, 0) is 0 Å². The van der Waals surface area contributed by atoms with Crippen molar-refractivity contribution in [1.82, 2.24) is 9.97 Å². The molecule has 0 aliphatic carbocycles. The van der Waals surface area contributed by atoms with Crippen molar-refractivity contribution >= 4 is 23.1 Å². The molecule has 3 rings (SSSR count). The Bertz CT molecular complexity index is 1110. The average Bonchev–Trinajstić information content (AvgIpc) is 2.68. The fraction of sp³-hybridized carbons (Fsp3) is 0.0526. The third kappa shape index (κ3) is 4.07. The van der Waals surface area contributed by atoms with Crippen LogP contribution in [0.2, 0.25) is 0 Å². The first-order valence-electron chi connectivity index (χ1n) is 7.95. The number of nitrogens with zero attached hydrogens (tertiary/aromatic N) is 3. The SMILES string of the molecule is Cc1nc(Nc2cccc(C#N)c2)cc(C(=O)Nc2ccc(F)c(F)c2F)n1. The molecule has 0 spiro atoms. The summed E-state index contributed by atoms with van der Waals surface area (Å²) in [4.78, 5) is 20.5. The van der Waals surface area contributed by atoms with Gasteiger partial charge in [-0.15, -0.1) is 0 Å². The summed E-state index contributed by atoms with van der Waals surface area (Å²) in [5.74, 6) is -4.87. The molecule has 1 aromatic heterocycles. The number of carbonyl (C=O) groups excluding carboxylic acids is 1. The Kier molecular flexibility index (Phi) is 5.22. The molecule has 0 saturated carbocycles. The van der Waals surface area contributed by atoms with E-state index >= 15 is 0 Å². The summed E-state index contributed by atoms with van der Waals surface area (Å²) >= 11 is 0. The van der Waals surface area contributed by atoms with Gasteiger partial charge in [0.1, 0.15) is 17.3 Å². The number of hydrogen-bond donors (Lipinski definition) is 2. The molecule has 0 saturated heterocycles. The van der Waals surface area contributed by atoms with Gasteiger partial charge in [0.2, 0.25) is 0 Å². The first-order chi connectivity index (χ1) is 13.4. The predicted octanol–water partition coefficient (Wildman–Crippen LogP) is 4.07. The second-order valence-electron chi connectivity index (χ2n) is 5.68. The van der Waals surface area contributed by atoms with E-state index in [9.17, 15) is 18.0 Å². The number of nitriles is 1. The first-order valence-corrected chi connectivity index (χ1v) is 7.95. The van der Waals surface area contributed by atoms with Crippen LogP contribution in [0.3, 0.4) is 0 Å². The van der Waals surface area contributed by atoms with Gasteiger partial charge in [-0.1, -0.05) is 6.07 Å². The molecule has 0 aliphatic rings. The van der Waals surface area contributed by atoms with Crippen molar-refractivity contribution in [3.63, 3.8) is 0 Å². The number of halogens is 3. The van der Waals surface area contributed by atoms with E-state index < -0.39 is 29.0 Å². The van der Waals surface area contributed by atoms with Gasteiger partial charge in [-0.25, -0.2) is 23.1 Å². The van der Waals surface area contributed by atoms with Gasteiger partial charge in [-0.2, -0.15) is 5.26 Å². The second kappa shape index (κ2) is 7.75. The average molecular weight is 383 g/mol. The number of hydrogen-bond acceptors (Lipinski definition) is 5. The maximum Gasteiger partial charge on any atom is 0.274 e. The third-order valence-corrected chi connectivity index (χ3v) is 3.62. The smallest absolute Gasteiger partial charge is 0.274 e. The van der Waals surface area contributed by atoms with E-state index in [1.54, 1.807) is 31.2 Å². The highest BCUT2D eigenvalue weighted by molar-refractivity contribution is 6.03. The second-order valence-corrected chi connectivity index (χ2v) is 5.68. The predicted molar refractivity (Wildman–Crippen MR) is 95.5 cm³/mol. The minimum atomic E-state index is -1.68. The summed E-state index contributed by atoms with van der Waals surface area (Å²) in [6.07, 6.45) is 0. The quantitative estimate of drug-likeness (QED) is 0.663. The summed E-state index contributed by atoms with van der Waals surface area (Å²) in [5.41, 5.74) is 0.365. The van der Waals surface area contributed by atoms with Crippen LogP contribution in [0.15, 0.2) is 42.5 Å². The zero-order valence-corrected chi connectivity index (χ0v) is 14.4. The molecule has 28 heavy (non-hydrogen) atoms. The molecular weight excluding hydrogens is 371 g/mol. The van der Waals surface area contributed by atoms with Crippen LogP contribution in [0, 0.1) is 35.7 Å². The zero-order valence-electron chi connectivity index (χ0n) is 14.4. The molecular formula is C19H12F3N5O. The van der Waals surface area contributed by atoms with Crippen molar-refractivity contribution in [2.45, 2.75) is 6.92 Å². The first kappa shape index (κ1) is 18.8. The van der Waals surface area contributed by atoms with Crippen LogP contribution in [0.4, 0.5) is 30.4 Å². The normalized spacial score (nSPS) is 10.2. The summed E-state index contributed by atoms with van der Waals surface area (Å²) in [6.45, 7) is 1.55. The Balaban J connectivity index is 1.85. The van der Waals surface area contributed by atoms with Crippen molar-refractivity contribution in [3.8, 4) is 6.07 Å². The van der Waals surface area contributed by atoms with Gasteiger partial charge in [0.25, 0.3) is 5.91 Å². The highest BCUT2D eigenvalue weighted by atomic mass is 19.2. The highest BCUT2D eigenvalue weighted by Crippen LogP contribution is 2.21. The highest BCUT2D eigenvalue weighted by Gasteiger charge is 2.17. The number of benzene rings is 2. The van der Waals surface area contributed by atoms with Crippen LogP contribution in [0.1, 0.15) is 21.9 Å². The van der Waals surface area contributed by atoms with Crippen LogP contribution < -0.4 is 10.6 Å². The lowest BCUT2D eigenvalue weighted by molar-refractivity contribution is 0.102. The van der Waals surface area contributed by atoms with E-state index in [0.717, 1.165) is 6.07 Å². The van der Waals surface area contributed by atoms with Crippen LogP contribution in [0.5, 0.6) is 0 Å². The van der Waals surface area contributed by atoms with E-state index in [1.807, 2.05) is 6.07 Å². The summed E-state index contributed by atoms with van der Waals surface area (Å²) < 4.78 is 40.1. The molecule has 9 heteroatoms. The molecule has 2 N–H and O–H groups in total. The number of amides is 1. The van der Waals surface area contributed by atoms with Crippen molar-refractivity contribution in [2.75, 3.05) is 10.6 Å². The lowest BCUT2D eigenvalue weighted by Crippen LogP contribution is -2.17. The van der Waals surface area contributed by atoms with E-state index in [2.05, 4.69) is 20.6 Å². The molecule has 1 amide bonds. The number of anilines is 3. The minimum absolute atomic E-state index is 0.115. The topological polar surface area (TPSA) is 90.7 Å². The van der Waals surface area contributed by atoms with Crippen molar-refractivity contribution in [3.05, 3.63) is 77.0 Å². The molecule has 0 atom stereocenters. The van der Waals surface area contributed by atoms with E-state index in [4.69, 9.17) is 5.26 Å². The number of nitrogens with one attached hydrogen (secondary N) is 2. The Hall–Kier alpha value is -3.93. The lowest BCUT2D eigenvalue weighted by atomic mass is 10.2. The van der Waals surface area contributed by atoms with Gasteiger partial charge in [-0.3, -0.25) is 4.79 Å². The van der Waals surface area contributed by atoms with Crippen LogP contribution in [-0.4, -0.2) is 15.9 Å². The molecule has 140 valence electrons. The van der Waals surface area contributed by atoms with E-state index in [1.165, 1.54) is 6.07 Å².